The van der Waals surface area contributed by atoms with Crippen molar-refractivity contribution in [3.63, 3.8) is 0 Å². The fourth-order valence-corrected chi connectivity index (χ4v) is 3.11. The first-order valence-corrected chi connectivity index (χ1v) is 8.30. The fourth-order valence-electron chi connectivity index (χ4n) is 3.11. The van der Waals surface area contributed by atoms with Gasteiger partial charge in [-0.15, -0.1) is 0 Å². The van der Waals surface area contributed by atoms with Crippen molar-refractivity contribution in [3.05, 3.63) is 29.3 Å². The van der Waals surface area contributed by atoms with E-state index in [4.69, 9.17) is 0 Å². The van der Waals surface area contributed by atoms with Crippen LogP contribution in [0.2, 0.25) is 0 Å². The summed E-state index contributed by atoms with van der Waals surface area (Å²) in [4.78, 5) is 4.87. The maximum absolute atomic E-state index is 3.41. The molecule has 1 aromatic carbocycles. The van der Waals surface area contributed by atoms with Crippen molar-refractivity contribution < 1.29 is 0 Å². The van der Waals surface area contributed by atoms with E-state index in [1.165, 1.54) is 49.3 Å². The average Bonchev–Trinajstić information content (AvgIpc) is 2.48. The molecule has 1 heterocycles. The van der Waals surface area contributed by atoms with E-state index >= 15 is 0 Å². The normalized spacial score (nSPS) is 17.1. The van der Waals surface area contributed by atoms with E-state index in [1.807, 2.05) is 0 Å². The van der Waals surface area contributed by atoms with Gasteiger partial charge in [0.1, 0.15) is 0 Å². The minimum Gasteiger partial charge on any atom is -0.374 e. The molecule has 0 aliphatic carbocycles. The van der Waals surface area contributed by atoms with Gasteiger partial charge in [-0.1, -0.05) is 13.0 Å². The molecule has 0 saturated carbocycles. The van der Waals surface area contributed by atoms with Gasteiger partial charge in [0, 0.05) is 25.8 Å². The number of nitrogens with zero attached hydrogens (tertiary/aromatic N) is 2. The molecule has 2 rings (SSSR count). The maximum atomic E-state index is 3.41. The Kier molecular flexibility index (Phi) is 6.07. The molecule has 1 aromatic rings. The number of hydrogen-bond donors (Lipinski definition) is 1. The van der Waals surface area contributed by atoms with E-state index in [2.05, 4.69) is 61.3 Å². The van der Waals surface area contributed by atoms with Crippen LogP contribution in [0.5, 0.6) is 0 Å². The molecule has 1 fully saturated rings. The number of piperidine rings is 1. The zero-order valence-corrected chi connectivity index (χ0v) is 14.2. The molecule has 0 aromatic heterocycles. The van der Waals surface area contributed by atoms with Crippen molar-refractivity contribution in [1.29, 1.82) is 0 Å². The number of nitrogens with one attached hydrogen (secondary N) is 1. The van der Waals surface area contributed by atoms with Crippen molar-refractivity contribution in [2.45, 2.75) is 33.2 Å². The average molecular weight is 289 g/mol. The molecule has 0 unspecified atom stereocenters. The van der Waals surface area contributed by atoms with E-state index in [-0.39, 0.29) is 0 Å². The Bertz CT molecular complexity index is 436. The molecule has 21 heavy (non-hydrogen) atoms. The molecular formula is C18H31N3. The van der Waals surface area contributed by atoms with Gasteiger partial charge in [-0.2, -0.15) is 0 Å². The number of rotatable bonds is 6. The van der Waals surface area contributed by atoms with Gasteiger partial charge >= 0.3 is 0 Å². The molecule has 1 aliphatic heterocycles. The molecular weight excluding hydrogens is 258 g/mol. The molecule has 0 atom stereocenters. The van der Waals surface area contributed by atoms with E-state index in [0.29, 0.717) is 0 Å². The van der Waals surface area contributed by atoms with E-state index in [0.717, 1.165) is 19.0 Å². The molecule has 0 spiro atoms. The number of hydrogen-bond acceptors (Lipinski definition) is 3. The van der Waals surface area contributed by atoms with Gasteiger partial charge in [0.05, 0.1) is 0 Å². The lowest BCUT2D eigenvalue weighted by Gasteiger charge is -2.32. The van der Waals surface area contributed by atoms with Crippen LogP contribution in [-0.2, 0) is 6.54 Å². The molecule has 1 N–H and O–H groups in total. The summed E-state index contributed by atoms with van der Waals surface area (Å²) in [5.41, 5.74) is 4.16. The van der Waals surface area contributed by atoms with Gasteiger partial charge in [0.25, 0.3) is 0 Å². The van der Waals surface area contributed by atoms with Gasteiger partial charge in [0.2, 0.25) is 0 Å². The van der Waals surface area contributed by atoms with Crippen LogP contribution >= 0.6 is 0 Å². The Morgan fingerprint density at radius 3 is 2.62 bits per heavy atom. The van der Waals surface area contributed by atoms with Crippen molar-refractivity contribution >= 4 is 5.69 Å². The minimum atomic E-state index is 0.841. The van der Waals surface area contributed by atoms with Crippen LogP contribution in [0.1, 0.15) is 30.9 Å². The zero-order valence-electron chi connectivity index (χ0n) is 14.2. The van der Waals surface area contributed by atoms with Gasteiger partial charge in [-0.25, -0.2) is 0 Å². The topological polar surface area (TPSA) is 18.5 Å². The quantitative estimate of drug-likeness (QED) is 0.869. The number of benzene rings is 1. The van der Waals surface area contributed by atoms with E-state index in [1.54, 1.807) is 0 Å². The lowest BCUT2D eigenvalue weighted by atomic mass is 9.96. The summed E-state index contributed by atoms with van der Waals surface area (Å²) >= 11 is 0. The fraction of sp³-hybridized carbons (Fsp3) is 0.667. The highest BCUT2D eigenvalue weighted by molar-refractivity contribution is 5.50. The van der Waals surface area contributed by atoms with Crippen molar-refractivity contribution in [3.8, 4) is 0 Å². The first-order valence-electron chi connectivity index (χ1n) is 8.30. The molecule has 0 radical (unpaired) electrons. The summed E-state index contributed by atoms with van der Waals surface area (Å²) in [7, 11) is 4.46. The first kappa shape index (κ1) is 16.3. The smallest absolute Gasteiger partial charge is 0.0366 e. The third-order valence-corrected chi connectivity index (χ3v) is 4.70. The third-order valence-electron chi connectivity index (χ3n) is 4.70. The molecule has 3 heteroatoms. The Balaban J connectivity index is 1.92. The zero-order chi connectivity index (χ0) is 15.2. The number of likely N-dealkylation sites (tertiary alicyclic amines) is 1. The molecule has 118 valence electrons. The van der Waals surface area contributed by atoms with Gasteiger partial charge in [-0.3, -0.25) is 0 Å². The van der Waals surface area contributed by atoms with Crippen LogP contribution < -0.4 is 10.2 Å². The van der Waals surface area contributed by atoms with E-state index in [9.17, 15) is 0 Å². The minimum absolute atomic E-state index is 0.841. The summed E-state index contributed by atoms with van der Waals surface area (Å²) in [6, 6.07) is 6.88. The Morgan fingerprint density at radius 2 is 2.00 bits per heavy atom. The Labute approximate surface area is 130 Å². The predicted molar refractivity (Wildman–Crippen MR) is 92.1 cm³/mol. The third kappa shape index (κ3) is 4.72. The number of aryl methyl sites for hydroxylation is 1. The number of anilines is 1. The SMILES string of the molecule is CCNCc1ccc(N(C)CC2CCN(C)CC2)cc1C. The van der Waals surface area contributed by atoms with Crippen LogP contribution in [-0.4, -0.2) is 45.2 Å². The second-order valence-corrected chi connectivity index (χ2v) is 6.52. The van der Waals surface area contributed by atoms with E-state index < -0.39 is 0 Å². The summed E-state index contributed by atoms with van der Waals surface area (Å²) in [5, 5.41) is 3.41. The Morgan fingerprint density at radius 1 is 1.29 bits per heavy atom. The van der Waals surface area contributed by atoms with Crippen molar-refractivity contribution in [2.24, 2.45) is 5.92 Å². The second-order valence-electron chi connectivity index (χ2n) is 6.52. The van der Waals surface area contributed by atoms with Crippen LogP contribution in [0.3, 0.4) is 0 Å². The summed E-state index contributed by atoms with van der Waals surface area (Å²) < 4.78 is 0. The molecule has 1 aliphatic rings. The second kappa shape index (κ2) is 7.81. The van der Waals surface area contributed by atoms with Gasteiger partial charge in [-0.05, 0) is 75.6 Å². The highest BCUT2D eigenvalue weighted by Gasteiger charge is 2.18. The molecule has 0 amide bonds. The molecule has 3 nitrogen and oxygen atoms in total. The highest BCUT2D eigenvalue weighted by Crippen LogP contribution is 2.22. The molecule has 1 saturated heterocycles. The van der Waals surface area contributed by atoms with Crippen LogP contribution in [0.4, 0.5) is 5.69 Å². The summed E-state index contributed by atoms with van der Waals surface area (Å²) in [6.07, 6.45) is 2.66. The van der Waals surface area contributed by atoms with Gasteiger partial charge in [0.15, 0.2) is 0 Å². The lowest BCUT2D eigenvalue weighted by Crippen LogP contribution is -2.35. The van der Waals surface area contributed by atoms with Gasteiger partial charge < -0.3 is 15.1 Å². The maximum Gasteiger partial charge on any atom is 0.0366 e. The summed E-state index contributed by atoms with van der Waals surface area (Å²) in [6.45, 7) is 10.1. The van der Waals surface area contributed by atoms with Crippen molar-refractivity contribution in [2.75, 3.05) is 45.2 Å². The van der Waals surface area contributed by atoms with Crippen LogP contribution in [0, 0.1) is 12.8 Å². The largest absolute Gasteiger partial charge is 0.374 e. The monoisotopic (exact) mass is 289 g/mol. The lowest BCUT2D eigenvalue weighted by molar-refractivity contribution is 0.222. The standard InChI is InChI=1S/C18H31N3/c1-5-19-13-17-6-7-18(12-15(17)2)21(4)14-16-8-10-20(3)11-9-16/h6-7,12,16,19H,5,8-11,13-14H2,1-4H3. The van der Waals surface area contributed by atoms with Crippen molar-refractivity contribution in [1.82, 2.24) is 10.2 Å². The van der Waals surface area contributed by atoms with Crippen LogP contribution in [0.25, 0.3) is 0 Å². The highest BCUT2D eigenvalue weighted by atomic mass is 15.1. The predicted octanol–water partition coefficient (Wildman–Crippen LogP) is 2.88. The first-order chi connectivity index (χ1) is 10.1. The van der Waals surface area contributed by atoms with Crippen LogP contribution in [0.15, 0.2) is 18.2 Å². The Hall–Kier alpha value is -1.06. The molecule has 0 bridgehead atoms. The summed E-state index contributed by atoms with van der Waals surface area (Å²) in [5.74, 6) is 0.841.